The molecule has 1 aromatic heterocycles. The SMILES string of the molecule is Cc1nc(OCc2ccc(F)cc2F)c(Br)c(=O)n1Cc1ccc(CNC(C)C)cc1. The second-order valence-corrected chi connectivity index (χ2v) is 8.34. The molecule has 0 aliphatic heterocycles. The van der Waals surface area contributed by atoms with E-state index in [1.165, 1.54) is 10.6 Å². The van der Waals surface area contributed by atoms with Crippen LogP contribution in [-0.2, 0) is 19.7 Å². The molecule has 3 rings (SSSR count). The number of hydrogen-bond acceptors (Lipinski definition) is 4. The van der Waals surface area contributed by atoms with Crippen molar-refractivity contribution in [3.05, 3.63) is 91.4 Å². The highest BCUT2D eigenvalue weighted by Gasteiger charge is 2.15. The van der Waals surface area contributed by atoms with Crippen LogP contribution >= 0.6 is 15.9 Å². The van der Waals surface area contributed by atoms with Gasteiger partial charge in [0.15, 0.2) is 0 Å². The van der Waals surface area contributed by atoms with Crippen LogP contribution in [0.25, 0.3) is 0 Å². The fraction of sp³-hybridized carbons (Fsp3) is 0.304. The summed E-state index contributed by atoms with van der Waals surface area (Å²) in [6, 6.07) is 11.7. The number of aromatic nitrogens is 2. The Kier molecular flexibility index (Phi) is 7.56. The number of benzene rings is 2. The van der Waals surface area contributed by atoms with Gasteiger partial charge in [0.25, 0.3) is 5.56 Å². The summed E-state index contributed by atoms with van der Waals surface area (Å²) in [5, 5.41) is 3.37. The molecule has 1 heterocycles. The number of nitrogens with one attached hydrogen (secondary N) is 1. The first-order valence-electron chi connectivity index (χ1n) is 9.89. The Labute approximate surface area is 188 Å². The first-order chi connectivity index (χ1) is 14.7. The lowest BCUT2D eigenvalue weighted by molar-refractivity contribution is 0.282. The summed E-state index contributed by atoms with van der Waals surface area (Å²) >= 11 is 3.25. The van der Waals surface area contributed by atoms with Crippen molar-refractivity contribution in [3.63, 3.8) is 0 Å². The van der Waals surface area contributed by atoms with Gasteiger partial charge in [-0.3, -0.25) is 9.36 Å². The van der Waals surface area contributed by atoms with Gasteiger partial charge in [0.05, 0.1) is 6.54 Å². The summed E-state index contributed by atoms with van der Waals surface area (Å²) in [6.45, 7) is 6.87. The molecule has 1 N–H and O–H groups in total. The summed E-state index contributed by atoms with van der Waals surface area (Å²) in [7, 11) is 0. The molecule has 5 nitrogen and oxygen atoms in total. The Morgan fingerprint density at radius 1 is 1.13 bits per heavy atom. The van der Waals surface area contributed by atoms with Gasteiger partial charge < -0.3 is 10.1 Å². The maximum Gasteiger partial charge on any atom is 0.272 e. The number of ether oxygens (including phenoxy) is 1. The van der Waals surface area contributed by atoms with Gasteiger partial charge >= 0.3 is 0 Å². The molecule has 0 amide bonds. The van der Waals surface area contributed by atoms with Crippen LogP contribution in [0, 0.1) is 18.6 Å². The molecular weight excluding hydrogens is 468 g/mol. The van der Waals surface area contributed by atoms with Gasteiger partial charge in [-0.2, -0.15) is 4.98 Å². The van der Waals surface area contributed by atoms with Crippen LogP contribution in [0.3, 0.4) is 0 Å². The zero-order chi connectivity index (χ0) is 22.5. The van der Waals surface area contributed by atoms with Crippen molar-refractivity contribution in [3.8, 4) is 5.88 Å². The number of halogens is 3. The minimum atomic E-state index is -0.715. The first kappa shape index (κ1) is 23.1. The third-order valence-electron chi connectivity index (χ3n) is 4.73. The van der Waals surface area contributed by atoms with E-state index >= 15 is 0 Å². The average molecular weight is 492 g/mol. The van der Waals surface area contributed by atoms with Crippen LogP contribution in [0.2, 0.25) is 0 Å². The van der Waals surface area contributed by atoms with Crippen molar-refractivity contribution in [2.24, 2.45) is 0 Å². The monoisotopic (exact) mass is 491 g/mol. The normalized spacial score (nSPS) is 11.2. The van der Waals surface area contributed by atoms with Crippen LogP contribution in [0.1, 0.15) is 36.4 Å². The Morgan fingerprint density at radius 3 is 2.45 bits per heavy atom. The Bertz CT molecular complexity index is 1120. The van der Waals surface area contributed by atoms with Gasteiger partial charge in [-0.25, -0.2) is 8.78 Å². The zero-order valence-electron chi connectivity index (χ0n) is 17.6. The van der Waals surface area contributed by atoms with E-state index in [4.69, 9.17) is 4.74 Å². The van der Waals surface area contributed by atoms with Crippen molar-refractivity contribution < 1.29 is 13.5 Å². The van der Waals surface area contributed by atoms with Gasteiger partial charge in [-0.1, -0.05) is 38.1 Å². The Morgan fingerprint density at radius 2 is 1.81 bits per heavy atom. The molecule has 3 aromatic rings. The van der Waals surface area contributed by atoms with Crippen molar-refractivity contribution in [1.82, 2.24) is 14.9 Å². The second kappa shape index (κ2) is 10.2. The molecule has 0 unspecified atom stereocenters. The molecule has 164 valence electrons. The standard InChI is InChI=1S/C23H24BrF2N3O2/c1-14(2)27-11-16-4-6-17(7-5-16)12-29-15(3)28-22(21(24)23(29)30)31-13-18-8-9-19(25)10-20(18)26/h4-10,14,27H,11-13H2,1-3H3. The summed E-state index contributed by atoms with van der Waals surface area (Å²) in [5.41, 5.74) is 2.00. The molecule has 0 bridgehead atoms. The van der Waals surface area contributed by atoms with Crippen LogP contribution in [0.15, 0.2) is 51.7 Å². The van der Waals surface area contributed by atoms with E-state index in [-0.39, 0.29) is 28.1 Å². The third kappa shape index (κ3) is 5.98. The maximum absolute atomic E-state index is 13.8. The Hall–Kier alpha value is -2.58. The van der Waals surface area contributed by atoms with E-state index in [1.807, 2.05) is 24.3 Å². The molecule has 0 fully saturated rings. The van der Waals surface area contributed by atoms with Gasteiger partial charge in [0.2, 0.25) is 5.88 Å². The van der Waals surface area contributed by atoms with Crippen molar-refractivity contribution in [2.45, 2.75) is 46.5 Å². The predicted octanol–water partition coefficient (Wildman–Crippen LogP) is 4.72. The van der Waals surface area contributed by atoms with Gasteiger partial charge in [-0.15, -0.1) is 0 Å². The fourth-order valence-electron chi connectivity index (χ4n) is 2.95. The summed E-state index contributed by atoms with van der Waals surface area (Å²) in [5.74, 6) is -0.845. The predicted molar refractivity (Wildman–Crippen MR) is 119 cm³/mol. The summed E-state index contributed by atoms with van der Waals surface area (Å²) in [4.78, 5) is 17.2. The molecule has 0 atom stereocenters. The molecule has 0 aliphatic carbocycles. The molecule has 0 saturated heterocycles. The zero-order valence-corrected chi connectivity index (χ0v) is 19.2. The average Bonchev–Trinajstić information content (AvgIpc) is 2.73. The number of nitrogens with zero attached hydrogens (tertiary/aromatic N) is 2. The highest BCUT2D eigenvalue weighted by Crippen LogP contribution is 2.21. The van der Waals surface area contributed by atoms with E-state index in [9.17, 15) is 13.6 Å². The highest BCUT2D eigenvalue weighted by molar-refractivity contribution is 9.10. The molecule has 31 heavy (non-hydrogen) atoms. The van der Waals surface area contributed by atoms with Crippen LogP contribution in [0.5, 0.6) is 5.88 Å². The largest absolute Gasteiger partial charge is 0.472 e. The number of hydrogen-bond donors (Lipinski definition) is 1. The topological polar surface area (TPSA) is 56.1 Å². The van der Waals surface area contributed by atoms with E-state index in [1.54, 1.807) is 6.92 Å². The molecular formula is C23H24BrF2N3O2. The van der Waals surface area contributed by atoms with Gasteiger partial charge in [-0.05, 0) is 46.1 Å². The minimum absolute atomic E-state index is 0.0672. The van der Waals surface area contributed by atoms with Crippen molar-refractivity contribution in [1.29, 1.82) is 0 Å². The molecule has 0 radical (unpaired) electrons. The van der Waals surface area contributed by atoms with E-state index in [2.05, 4.69) is 40.1 Å². The fourth-order valence-corrected chi connectivity index (χ4v) is 3.36. The number of rotatable bonds is 8. The van der Waals surface area contributed by atoms with E-state index in [0.717, 1.165) is 29.8 Å². The first-order valence-corrected chi connectivity index (χ1v) is 10.7. The molecule has 2 aromatic carbocycles. The van der Waals surface area contributed by atoms with E-state index in [0.29, 0.717) is 18.4 Å². The highest BCUT2D eigenvalue weighted by atomic mass is 79.9. The lowest BCUT2D eigenvalue weighted by Crippen LogP contribution is -2.26. The minimum Gasteiger partial charge on any atom is -0.472 e. The lowest BCUT2D eigenvalue weighted by atomic mass is 10.1. The van der Waals surface area contributed by atoms with Crippen molar-refractivity contribution in [2.75, 3.05) is 0 Å². The van der Waals surface area contributed by atoms with E-state index < -0.39 is 11.6 Å². The maximum atomic E-state index is 13.8. The lowest BCUT2D eigenvalue weighted by Gasteiger charge is -2.14. The third-order valence-corrected chi connectivity index (χ3v) is 5.41. The molecule has 0 spiro atoms. The quantitative estimate of drug-likeness (QED) is 0.495. The van der Waals surface area contributed by atoms with Crippen molar-refractivity contribution >= 4 is 15.9 Å². The smallest absolute Gasteiger partial charge is 0.272 e. The Balaban J connectivity index is 1.74. The van der Waals surface area contributed by atoms with Gasteiger partial charge in [0, 0.05) is 24.2 Å². The molecule has 0 aliphatic rings. The van der Waals surface area contributed by atoms with Crippen LogP contribution < -0.4 is 15.6 Å². The second-order valence-electron chi connectivity index (χ2n) is 7.55. The molecule has 8 heteroatoms. The number of aryl methyl sites for hydroxylation is 1. The van der Waals surface area contributed by atoms with Gasteiger partial charge in [0.1, 0.15) is 28.5 Å². The molecule has 0 saturated carbocycles. The summed E-state index contributed by atoms with van der Waals surface area (Å²) in [6.07, 6.45) is 0. The van der Waals surface area contributed by atoms with Crippen LogP contribution in [0.4, 0.5) is 8.78 Å². The summed E-state index contributed by atoms with van der Waals surface area (Å²) < 4.78 is 34.1. The van der Waals surface area contributed by atoms with Crippen LogP contribution in [-0.4, -0.2) is 15.6 Å².